The van der Waals surface area contributed by atoms with Crippen molar-refractivity contribution in [2.75, 3.05) is 5.43 Å². The third-order valence-electron chi connectivity index (χ3n) is 4.10. The van der Waals surface area contributed by atoms with Crippen LogP contribution in [0.3, 0.4) is 0 Å². The Hall–Kier alpha value is -3.80. The smallest absolute Gasteiger partial charge is 0.261 e. The van der Waals surface area contributed by atoms with Crippen LogP contribution in [0.2, 0.25) is 0 Å². The van der Waals surface area contributed by atoms with Gasteiger partial charge in [-0.2, -0.15) is 5.10 Å². The molecule has 6 nitrogen and oxygen atoms in total. The predicted octanol–water partition coefficient (Wildman–Crippen LogP) is 4.74. The van der Waals surface area contributed by atoms with Crippen molar-refractivity contribution < 1.29 is 4.92 Å². The first-order valence-electron chi connectivity index (χ1n) is 8.03. The summed E-state index contributed by atoms with van der Waals surface area (Å²) < 4.78 is 0. The zero-order valence-electron chi connectivity index (χ0n) is 13.7. The van der Waals surface area contributed by atoms with Gasteiger partial charge in [-0.3, -0.25) is 15.5 Å². The van der Waals surface area contributed by atoms with Crippen LogP contribution < -0.4 is 5.43 Å². The molecule has 26 heavy (non-hydrogen) atoms. The maximum atomic E-state index is 10.7. The molecule has 0 atom stereocenters. The van der Waals surface area contributed by atoms with Crippen LogP contribution in [-0.4, -0.2) is 16.1 Å². The fourth-order valence-corrected chi connectivity index (χ4v) is 2.84. The molecule has 0 amide bonds. The van der Waals surface area contributed by atoms with Gasteiger partial charge in [0.1, 0.15) is 0 Å². The summed E-state index contributed by atoms with van der Waals surface area (Å²) in [5.74, 6) is 0.664. The largest absolute Gasteiger partial charge is 0.269 e. The molecular weight excluding hydrogens is 328 g/mol. The number of hydrazone groups is 1. The van der Waals surface area contributed by atoms with E-state index in [1.807, 2.05) is 36.4 Å². The van der Waals surface area contributed by atoms with E-state index in [1.165, 1.54) is 12.1 Å². The Labute approximate surface area is 149 Å². The molecule has 1 aromatic heterocycles. The molecule has 0 spiro atoms. The Morgan fingerprint density at radius 3 is 2.27 bits per heavy atom. The number of non-ortho nitro benzene ring substituents is 1. The van der Waals surface area contributed by atoms with Crippen LogP contribution in [0.1, 0.15) is 5.56 Å². The molecule has 1 N–H and O–H groups in total. The first kappa shape index (κ1) is 15.7. The van der Waals surface area contributed by atoms with Gasteiger partial charge in [-0.05, 0) is 29.1 Å². The van der Waals surface area contributed by atoms with Gasteiger partial charge in [0.15, 0.2) is 5.82 Å². The molecule has 0 radical (unpaired) electrons. The van der Waals surface area contributed by atoms with E-state index in [0.717, 1.165) is 27.2 Å². The number of pyridine rings is 1. The Bertz CT molecular complexity index is 1140. The minimum atomic E-state index is -0.426. The Morgan fingerprint density at radius 2 is 1.54 bits per heavy atom. The molecule has 0 fully saturated rings. The topological polar surface area (TPSA) is 80.4 Å². The molecule has 0 aliphatic carbocycles. The second kappa shape index (κ2) is 6.60. The molecule has 0 aliphatic heterocycles. The molecule has 3 aromatic carbocycles. The summed E-state index contributed by atoms with van der Waals surface area (Å²) in [4.78, 5) is 14.9. The molecule has 4 rings (SSSR count). The van der Waals surface area contributed by atoms with Gasteiger partial charge in [-0.25, -0.2) is 4.98 Å². The number of para-hydroxylation sites is 1. The van der Waals surface area contributed by atoms with Gasteiger partial charge >= 0.3 is 0 Å². The summed E-state index contributed by atoms with van der Waals surface area (Å²) in [5, 5.41) is 18.1. The van der Waals surface area contributed by atoms with Crippen LogP contribution in [0.25, 0.3) is 21.7 Å². The van der Waals surface area contributed by atoms with E-state index in [9.17, 15) is 10.1 Å². The standard InChI is InChI=1S/C20H14N4O2/c25-24(26)15-11-9-14(10-12-15)13-21-23-20-18-7-2-1-5-16(18)17-6-3-4-8-19(17)22-20/h1-13H,(H,22,23). The van der Waals surface area contributed by atoms with Gasteiger partial charge in [0, 0.05) is 22.9 Å². The quantitative estimate of drug-likeness (QED) is 0.251. The fraction of sp³-hybridized carbons (Fsp3) is 0. The van der Waals surface area contributed by atoms with E-state index < -0.39 is 4.92 Å². The molecule has 4 aromatic rings. The van der Waals surface area contributed by atoms with Crippen LogP contribution in [0.15, 0.2) is 77.9 Å². The molecule has 0 bridgehead atoms. The molecule has 126 valence electrons. The number of hydrogen-bond donors (Lipinski definition) is 1. The van der Waals surface area contributed by atoms with Crippen molar-refractivity contribution in [1.29, 1.82) is 0 Å². The highest BCUT2D eigenvalue weighted by Crippen LogP contribution is 2.28. The van der Waals surface area contributed by atoms with Gasteiger partial charge < -0.3 is 0 Å². The Balaban J connectivity index is 1.67. The van der Waals surface area contributed by atoms with Gasteiger partial charge in [-0.15, -0.1) is 0 Å². The lowest BCUT2D eigenvalue weighted by Crippen LogP contribution is -1.96. The number of benzene rings is 3. The third kappa shape index (κ3) is 2.95. The maximum Gasteiger partial charge on any atom is 0.269 e. The number of nitro benzene ring substituents is 1. The highest BCUT2D eigenvalue weighted by Gasteiger charge is 2.07. The molecule has 1 heterocycles. The lowest BCUT2D eigenvalue weighted by molar-refractivity contribution is -0.384. The van der Waals surface area contributed by atoms with Crippen molar-refractivity contribution >= 4 is 39.4 Å². The van der Waals surface area contributed by atoms with E-state index >= 15 is 0 Å². The molecular formula is C20H14N4O2. The van der Waals surface area contributed by atoms with Crippen molar-refractivity contribution in [1.82, 2.24) is 4.98 Å². The maximum absolute atomic E-state index is 10.7. The van der Waals surface area contributed by atoms with E-state index in [-0.39, 0.29) is 5.69 Å². The first-order chi connectivity index (χ1) is 12.7. The van der Waals surface area contributed by atoms with Crippen LogP contribution in [-0.2, 0) is 0 Å². The number of nitro groups is 1. The van der Waals surface area contributed by atoms with Crippen LogP contribution in [0.5, 0.6) is 0 Å². The molecule has 0 saturated heterocycles. The summed E-state index contributed by atoms with van der Waals surface area (Å²) in [6.07, 6.45) is 1.61. The zero-order chi connectivity index (χ0) is 17.9. The second-order valence-electron chi connectivity index (χ2n) is 5.74. The van der Waals surface area contributed by atoms with Crippen molar-refractivity contribution in [3.63, 3.8) is 0 Å². The summed E-state index contributed by atoms with van der Waals surface area (Å²) >= 11 is 0. The monoisotopic (exact) mass is 342 g/mol. The number of rotatable bonds is 4. The minimum absolute atomic E-state index is 0.0531. The summed E-state index contributed by atoms with van der Waals surface area (Å²) in [5.41, 5.74) is 4.69. The molecule has 0 aliphatic rings. The number of aromatic nitrogens is 1. The van der Waals surface area contributed by atoms with Crippen molar-refractivity contribution in [2.24, 2.45) is 5.10 Å². The SMILES string of the molecule is O=[N+]([O-])c1ccc(C=NNc2nc3ccccc3c3ccccc23)cc1. The Kier molecular flexibility index (Phi) is 3.99. The average Bonchev–Trinajstić information content (AvgIpc) is 2.68. The van der Waals surface area contributed by atoms with Crippen molar-refractivity contribution in [3.05, 3.63) is 88.5 Å². The fourth-order valence-electron chi connectivity index (χ4n) is 2.84. The van der Waals surface area contributed by atoms with Gasteiger partial charge in [0.25, 0.3) is 5.69 Å². The lowest BCUT2D eigenvalue weighted by Gasteiger charge is -2.08. The number of nitrogens with one attached hydrogen (secondary N) is 1. The van der Waals surface area contributed by atoms with Crippen molar-refractivity contribution in [2.45, 2.75) is 0 Å². The zero-order valence-corrected chi connectivity index (χ0v) is 13.7. The first-order valence-corrected chi connectivity index (χ1v) is 8.03. The number of hydrogen-bond acceptors (Lipinski definition) is 5. The number of fused-ring (bicyclic) bond motifs is 3. The number of anilines is 1. The minimum Gasteiger partial charge on any atom is -0.261 e. The van der Waals surface area contributed by atoms with Crippen LogP contribution in [0.4, 0.5) is 11.5 Å². The summed E-state index contributed by atoms with van der Waals surface area (Å²) in [7, 11) is 0. The predicted molar refractivity (Wildman–Crippen MR) is 104 cm³/mol. The van der Waals surface area contributed by atoms with Crippen molar-refractivity contribution in [3.8, 4) is 0 Å². The highest BCUT2D eigenvalue weighted by atomic mass is 16.6. The molecule has 0 unspecified atom stereocenters. The molecule has 0 saturated carbocycles. The van der Waals surface area contributed by atoms with Gasteiger partial charge in [0.2, 0.25) is 0 Å². The normalized spacial score (nSPS) is 11.2. The van der Waals surface area contributed by atoms with Crippen LogP contribution >= 0.6 is 0 Å². The van der Waals surface area contributed by atoms with E-state index in [4.69, 9.17) is 0 Å². The number of nitrogens with zero attached hydrogens (tertiary/aromatic N) is 3. The summed E-state index contributed by atoms with van der Waals surface area (Å²) in [6, 6.07) is 22.2. The van der Waals surface area contributed by atoms with E-state index in [2.05, 4.69) is 27.6 Å². The Morgan fingerprint density at radius 1 is 0.885 bits per heavy atom. The second-order valence-corrected chi connectivity index (χ2v) is 5.74. The van der Waals surface area contributed by atoms with E-state index in [0.29, 0.717) is 5.82 Å². The van der Waals surface area contributed by atoms with Crippen LogP contribution in [0, 0.1) is 10.1 Å². The van der Waals surface area contributed by atoms with Gasteiger partial charge in [0.05, 0.1) is 16.7 Å². The van der Waals surface area contributed by atoms with E-state index in [1.54, 1.807) is 18.3 Å². The average molecular weight is 342 g/mol. The van der Waals surface area contributed by atoms with Gasteiger partial charge in [-0.1, -0.05) is 42.5 Å². The third-order valence-corrected chi connectivity index (χ3v) is 4.10. The highest BCUT2D eigenvalue weighted by molar-refractivity contribution is 6.10. The summed E-state index contributed by atoms with van der Waals surface area (Å²) in [6.45, 7) is 0. The molecule has 6 heteroatoms. The lowest BCUT2D eigenvalue weighted by atomic mass is 10.1.